The first kappa shape index (κ1) is 16.3. The summed E-state index contributed by atoms with van der Waals surface area (Å²) in [5.41, 5.74) is 5.66. The summed E-state index contributed by atoms with van der Waals surface area (Å²) in [6.45, 7) is 0.991. The number of benzene rings is 1. The number of carbonyl (C=O) groups excluding carboxylic acids is 1. The van der Waals surface area contributed by atoms with Crippen LogP contribution in [0.2, 0.25) is 5.02 Å². The lowest BCUT2D eigenvalue weighted by Gasteiger charge is -2.23. The first-order valence-corrected chi connectivity index (χ1v) is 8.96. The summed E-state index contributed by atoms with van der Waals surface area (Å²) in [7, 11) is -3.93. The average molecular weight is 358 g/mol. The van der Waals surface area contributed by atoms with Crippen LogP contribution in [-0.2, 0) is 14.8 Å². The van der Waals surface area contributed by atoms with Crippen LogP contribution in [0.4, 0.5) is 0 Å². The second kappa shape index (κ2) is 6.12. The maximum absolute atomic E-state index is 12.8. The lowest BCUT2D eigenvalue weighted by atomic mass is 10.1. The predicted molar refractivity (Wildman–Crippen MR) is 86.0 cm³/mol. The standard InChI is InChI=1S/C14H16ClN3O4S/c15-8-1-2-11-10(7-8)13(12(17-11)14(16)19)23(20,21)18-9-3-5-22-6-4-9/h1-2,7,9,17-18H,3-6H2,(H2,16,19). The first-order chi connectivity index (χ1) is 10.9. The van der Waals surface area contributed by atoms with E-state index in [4.69, 9.17) is 22.1 Å². The summed E-state index contributed by atoms with van der Waals surface area (Å²) >= 11 is 5.96. The quantitative estimate of drug-likeness (QED) is 0.766. The van der Waals surface area contributed by atoms with Crippen molar-refractivity contribution in [1.82, 2.24) is 9.71 Å². The van der Waals surface area contributed by atoms with Crippen molar-refractivity contribution in [1.29, 1.82) is 0 Å². The number of primary amides is 1. The van der Waals surface area contributed by atoms with Crippen LogP contribution in [0.1, 0.15) is 23.3 Å². The Morgan fingerprint density at radius 3 is 2.70 bits per heavy atom. The van der Waals surface area contributed by atoms with Gasteiger partial charge in [0.05, 0.1) is 0 Å². The van der Waals surface area contributed by atoms with Gasteiger partial charge in [-0.05, 0) is 31.0 Å². The Hall–Kier alpha value is -1.61. The fourth-order valence-corrected chi connectivity index (χ4v) is 4.53. The van der Waals surface area contributed by atoms with Gasteiger partial charge in [-0.1, -0.05) is 11.6 Å². The molecule has 3 rings (SSSR count). The van der Waals surface area contributed by atoms with Crippen molar-refractivity contribution in [3.63, 3.8) is 0 Å². The van der Waals surface area contributed by atoms with Crippen molar-refractivity contribution in [2.45, 2.75) is 23.8 Å². The number of H-pyrrole nitrogens is 1. The zero-order chi connectivity index (χ0) is 16.6. The van der Waals surface area contributed by atoms with Gasteiger partial charge >= 0.3 is 0 Å². The Balaban J connectivity index is 2.10. The third kappa shape index (κ3) is 3.20. The molecule has 7 nitrogen and oxygen atoms in total. The van der Waals surface area contributed by atoms with Crippen molar-refractivity contribution < 1.29 is 17.9 Å². The fourth-order valence-electron chi connectivity index (χ4n) is 2.69. The molecule has 1 aliphatic rings. The number of amides is 1. The van der Waals surface area contributed by atoms with Gasteiger partial charge in [-0.2, -0.15) is 0 Å². The molecular formula is C14H16ClN3O4S. The number of sulfonamides is 1. The van der Waals surface area contributed by atoms with Gasteiger partial charge in [0.2, 0.25) is 10.0 Å². The first-order valence-electron chi connectivity index (χ1n) is 7.09. The summed E-state index contributed by atoms with van der Waals surface area (Å²) < 4.78 is 33.4. The predicted octanol–water partition coefficient (Wildman–Crippen LogP) is 1.38. The highest BCUT2D eigenvalue weighted by atomic mass is 35.5. The molecule has 0 spiro atoms. The zero-order valence-corrected chi connectivity index (χ0v) is 13.7. The monoisotopic (exact) mass is 357 g/mol. The van der Waals surface area contributed by atoms with Gasteiger partial charge in [0.15, 0.2) is 0 Å². The van der Waals surface area contributed by atoms with Crippen LogP contribution in [0.5, 0.6) is 0 Å². The lowest BCUT2D eigenvalue weighted by Crippen LogP contribution is -2.39. The van der Waals surface area contributed by atoms with Crippen LogP contribution < -0.4 is 10.5 Å². The van der Waals surface area contributed by atoms with E-state index in [1.54, 1.807) is 12.1 Å². The van der Waals surface area contributed by atoms with Crippen molar-refractivity contribution in [2.24, 2.45) is 5.73 Å². The molecule has 0 unspecified atom stereocenters. The van der Waals surface area contributed by atoms with Crippen molar-refractivity contribution in [2.75, 3.05) is 13.2 Å². The molecule has 0 saturated carbocycles. The highest BCUT2D eigenvalue weighted by molar-refractivity contribution is 7.89. The van der Waals surface area contributed by atoms with Crippen LogP contribution in [-0.4, -0.2) is 38.6 Å². The van der Waals surface area contributed by atoms with E-state index in [0.717, 1.165) is 0 Å². The van der Waals surface area contributed by atoms with Crippen LogP contribution >= 0.6 is 11.6 Å². The van der Waals surface area contributed by atoms with E-state index in [0.29, 0.717) is 42.0 Å². The minimum Gasteiger partial charge on any atom is -0.381 e. The number of fused-ring (bicyclic) bond motifs is 1. The molecule has 0 aliphatic carbocycles. The van der Waals surface area contributed by atoms with Gasteiger partial charge in [-0.25, -0.2) is 13.1 Å². The number of nitrogens with one attached hydrogen (secondary N) is 2. The fraction of sp³-hybridized carbons (Fsp3) is 0.357. The minimum absolute atomic E-state index is 0.151. The molecule has 1 aromatic carbocycles. The topological polar surface area (TPSA) is 114 Å². The summed E-state index contributed by atoms with van der Waals surface area (Å²) in [5.74, 6) is -0.843. The Bertz CT molecular complexity index is 856. The summed E-state index contributed by atoms with van der Waals surface area (Å²) in [6.07, 6.45) is 1.16. The molecule has 9 heteroatoms. The minimum atomic E-state index is -3.93. The van der Waals surface area contributed by atoms with Crippen molar-refractivity contribution in [3.8, 4) is 0 Å². The van der Waals surface area contributed by atoms with E-state index in [9.17, 15) is 13.2 Å². The van der Waals surface area contributed by atoms with Gasteiger partial charge in [-0.3, -0.25) is 4.79 Å². The van der Waals surface area contributed by atoms with Crippen LogP contribution in [0.15, 0.2) is 23.1 Å². The number of hydrogen-bond acceptors (Lipinski definition) is 4. The molecule has 23 heavy (non-hydrogen) atoms. The van der Waals surface area contributed by atoms with E-state index in [-0.39, 0.29) is 16.6 Å². The van der Waals surface area contributed by atoms with E-state index in [2.05, 4.69) is 9.71 Å². The SMILES string of the molecule is NC(=O)c1[nH]c2ccc(Cl)cc2c1S(=O)(=O)NC1CCOCC1. The molecule has 1 amide bonds. The highest BCUT2D eigenvalue weighted by Crippen LogP contribution is 2.29. The number of carbonyl (C=O) groups is 1. The van der Waals surface area contributed by atoms with E-state index in [1.807, 2.05) is 0 Å². The average Bonchev–Trinajstić information content (AvgIpc) is 2.87. The third-order valence-electron chi connectivity index (χ3n) is 3.77. The molecular weight excluding hydrogens is 342 g/mol. The van der Waals surface area contributed by atoms with Gasteiger partial charge < -0.3 is 15.5 Å². The van der Waals surface area contributed by atoms with Crippen LogP contribution in [0, 0.1) is 0 Å². The van der Waals surface area contributed by atoms with Gasteiger partial charge in [0.1, 0.15) is 10.6 Å². The van der Waals surface area contributed by atoms with Crippen molar-refractivity contribution >= 4 is 38.4 Å². The molecule has 1 aliphatic heterocycles. The molecule has 1 fully saturated rings. The Kier molecular flexibility index (Phi) is 4.33. The number of halogens is 1. The molecule has 1 saturated heterocycles. The van der Waals surface area contributed by atoms with E-state index in [1.165, 1.54) is 6.07 Å². The van der Waals surface area contributed by atoms with E-state index < -0.39 is 15.9 Å². The van der Waals surface area contributed by atoms with E-state index >= 15 is 0 Å². The number of hydrogen-bond donors (Lipinski definition) is 3. The third-order valence-corrected chi connectivity index (χ3v) is 5.61. The smallest absolute Gasteiger partial charge is 0.266 e. The summed E-state index contributed by atoms with van der Waals surface area (Å²) in [4.78, 5) is 14.3. The Labute approximate surface area is 138 Å². The molecule has 2 heterocycles. The molecule has 1 aromatic heterocycles. The molecule has 2 aromatic rings. The molecule has 4 N–H and O–H groups in total. The largest absolute Gasteiger partial charge is 0.381 e. The molecule has 0 radical (unpaired) electrons. The Morgan fingerprint density at radius 1 is 1.35 bits per heavy atom. The Morgan fingerprint density at radius 2 is 2.04 bits per heavy atom. The maximum atomic E-state index is 12.8. The number of aromatic nitrogens is 1. The number of ether oxygens (including phenoxy) is 1. The second-order valence-electron chi connectivity index (χ2n) is 5.39. The maximum Gasteiger partial charge on any atom is 0.266 e. The van der Waals surface area contributed by atoms with Gasteiger partial charge in [0.25, 0.3) is 5.91 Å². The van der Waals surface area contributed by atoms with Crippen LogP contribution in [0.3, 0.4) is 0 Å². The molecule has 0 atom stereocenters. The lowest BCUT2D eigenvalue weighted by molar-refractivity contribution is 0.0832. The highest BCUT2D eigenvalue weighted by Gasteiger charge is 2.30. The van der Waals surface area contributed by atoms with Crippen molar-refractivity contribution in [3.05, 3.63) is 28.9 Å². The number of rotatable bonds is 4. The van der Waals surface area contributed by atoms with Gasteiger partial charge in [-0.15, -0.1) is 0 Å². The molecule has 124 valence electrons. The summed E-state index contributed by atoms with van der Waals surface area (Å²) in [6, 6.07) is 4.47. The zero-order valence-electron chi connectivity index (χ0n) is 12.1. The van der Waals surface area contributed by atoms with Gasteiger partial charge in [0, 0.05) is 35.2 Å². The number of nitrogens with two attached hydrogens (primary N) is 1. The normalized spacial score (nSPS) is 16.7. The second-order valence-corrected chi connectivity index (χ2v) is 7.48. The number of aromatic amines is 1. The summed E-state index contributed by atoms with van der Waals surface area (Å²) in [5, 5.41) is 0.709. The van der Waals surface area contributed by atoms with Crippen LogP contribution in [0.25, 0.3) is 10.9 Å². The molecule has 0 bridgehead atoms.